The first kappa shape index (κ1) is 33.6. The molecule has 3 N–H and O–H groups in total. The van der Waals surface area contributed by atoms with E-state index in [9.17, 15) is 19.8 Å². The Kier molecular flexibility index (Phi) is 15.5. The van der Waals surface area contributed by atoms with Crippen LogP contribution in [0.25, 0.3) is 0 Å². The molecule has 1 radical (unpaired) electrons. The van der Waals surface area contributed by atoms with E-state index in [4.69, 9.17) is 12.2 Å². The maximum atomic E-state index is 13.0. The fourth-order valence-corrected chi connectivity index (χ4v) is 3.62. The van der Waals surface area contributed by atoms with Crippen molar-refractivity contribution in [1.29, 1.82) is 0 Å². The number of nitrogens with one attached hydrogen (secondary N) is 1. The molecule has 1 aliphatic heterocycles. The van der Waals surface area contributed by atoms with Gasteiger partial charge in [0, 0.05) is 0 Å². The smallest absolute Gasteiger partial charge is 0.0914 e. The third-order valence-corrected chi connectivity index (χ3v) is 6.32. The van der Waals surface area contributed by atoms with Crippen molar-refractivity contribution in [2.45, 2.75) is 72.8 Å². The van der Waals surface area contributed by atoms with E-state index in [1.807, 2.05) is 58.1 Å². The molecule has 0 unspecified atom stereocenters. The molecule has 211 valence electrons. The van der Waals surface area contributed by atoms with Gasteiger partial charge in [0.2, 0.25) is 0 Å². The molecule has 0 saturated carbocycles. The van der Waals surface area contributed by atoms with Gasteiger partial charge in [0.05, 0.1) is 7.11 Å². The van der Waals surface area contributed by atoms with Crippen LogP contribution in [0.15, 0.2) is 82.5 Å². The Morgan fingerprint density at radius 1 is 1.18 bits per heavy atom. The van der Waals surface area contributed by atoms with E-state index in [-0.39, 0.29) is 35.4 Å². The Morgan fingerprint density at radius 3 is 2.54 bits per heavy atom. The zero-order valence-electron chi connectivity index (χ0n) is 24.1. The van der Waals surface area contributed by atoms with Crippen LogP contribution in [0, 0.1) is 5.92 Å². The molecule has 0 spiro atoms. The number of aliphatic hydroxyl groups is 2. The SMILES string of the molecule is [B]=C1OC([C@H](C)CC/C=C/NCC(=O)OC)=CC(O)=C1C(=O)/C(C)=C/C=C(\C)CC[C@@H](O)/C(C)=C\C/C=C/C. The van der Waals surface area contributed by atoms with Crippen molar-refractivity contribution in [2.24, 2.45) is 5.92 Å². The molecule has 0 aromatic carbocycles. The second-order valence-electron chi connectivity index (χ2n) is 9.61. The van der Waals surface area contributed by atoms with Crippen LogP contribution in [0.2, 0.25) is 0 Å². The van der Waals surface area contributed by atoms with Gasteiger partial charge in [-0.15, -0.1) is 0 Å². The molecular formula is C31H43BNO6. The number of esters is 1. The van der Waals surface area contributed by atoms with Crippen LogP contribution in [0.5, 0.6) is 0 Å². The van der Waals surface area contributed by atoms with E-state index in [1.54, 1.807) is 19.2 Å². The normalized spacial score (nSPS) is 16.8. The fraction of sp³-hybridized carbons (Fsp3) is 0.452. The summed E-state index contributed by atoms with van der Waals surface area (Å²) in [5, 5.41) is 23.8. The minimum atomic E-state index is -0.510. The number of hydrogen-bond acceptors (Lipinski definition) is 7. The third kappa shape index (κ3) is 12.3. The Balaban J connectivity index is 2.75. The molecule has 0 bridgehead atoms. The number of aliphatic hydroxyl groups excluding tert-OH is 2. The van der Waals surface area contributed by atoms with Crippen LogP contribution >= 0.6 is 0 Å². The molecule has 0 amide bonds. The summed E-state index contributed by atoms with van der Waals surface area (Å²) in [7, 11) is 7.38. The minimum Gasteiger partial charge on any atom is -0.0914 e. The summed E-state index contributed by atoms with van der Waals surface area (Å²) in [4.78, 5) is 24.1. The summed E-state index contributed by atoms with van der Waals surface area (Å²) in [5.41, 5.74) is 2.17. The molecule has 2 atom stereocenters. The zero-order valence-corrected chi connectivity index (χ0v) is 24.1. The summed E-state index contributed by atoms with van der Waals surface area (Å²) in [6.07, 6.45) is 17.5. The summed E-state index contributed by atoms with van der Waals surface area (Å²) < 4.78 is 10.3. The molecule has 0 fully saturated rings. The molecule has 0 aliphatic carbocycles. The first-order valence-corrected chi connectivity index (χ1v) is 13.3. The molecule has 7 nitrogen and oxygen atoms in total. The predicted molar refractivity (Wildman–Crippen MR) is 158 cm³/mol. The van der Waals surface area contributed by atoms with Crippen LogP contribution < -0.4 is 5.32 Å². The van der Waals surface area contributed by atoms with Gasteiger partial charge in [0.15, 0.2) is 0 Å². The quantitative estimate of drug-likeness (QED) is 0.0817. The van der Waals surface area contributed by atoms with Crippen LogP contribution in [-0.4, -0.2) is 54.9 Å². The number of allylic oxidation sites excluding steroid dienone is 10. The van der Waals surface area contributed by atoms with Gasteiger partial charge in [-0.25, -0.2) is 0 Å². The van der Waals surface area contributed by atoms with Crippen molar-refractivity contribution in [1.82, 2.24) is 5.32 Å². The molecule has 39 heavy (non-hydrogen) atoms. The van der Waals surface area contributed by atoms with Gasteiger partial charge in [-0.05, 0) is 13.3 Å². The number of rotatable bonds is 16. The number of ether oxygens (including phenoxy) is 2. The minimum absolute atomic E-state index is 0.0602. The average molecular weight is 536 g/mol. The topological polar surface area (TPSA) is 105 Å². The molecule has 1 aliphatic rings. The van der Waals surface area contributed by atoms with E-state index in [0.717, 1.165) is 17.6 Å². The van der Waals surface area contributed by atoms with Crippen LogP contribution in [0.1, 0.15) is 66.7 Å². The Morgan fingerprint density at radius 2 is 1.90 bits per heavy atom. The summed E-state index contributed by atoms with van der Waals surface area (Å²) in [6, 6.07) is 0. The van der Waals surface area contributed by atoms with Gasteiger partial charge in [0.1, 0.15) is 0 Å². The van der Waals surface area contributed by atoms with Gasteiger partial charge in [-0.2, -0.15) is 0 Å². The molecule has 1 heterocycles. The standard InChI is InChI=1S/C31H43BNO6/c1-7-8-9-12-22(3)25(34)17-15-21(2)14-16-24(5)30(37)29-26(35)19-27(39-31(29)32)23(4)13-10-11-18-33-20-28(36)38-6/h7-8,11-12,14,16,18-19,23,25,33-35H,9-10,13,15,17,20H2,1-6H3/b8-7+,18-11+,21-14+,22-12-,24-16+/t23-,25-/m1/s1. The Bertz CT molecular complexity index is 1090. The number of carbonyl (C=O) groups is 2. The van der Waals surface area contributed by atoms with Gasteiger partial charge in [-0.3, -0.25) is 0 Å². The number of carbonyl (C=O) groups excluding carboxylic acids is 2. The van der Waals surface area contributed by atoms with E-state index < -0.39 is 11.9 Å². The molecular weight excluding hydrogens is 493 g/mol. The van der Waals surface area contributed by atoms with Crippen LogP contribution in [-0.2, 0) is 19.1 Å². The third-order valence-electron chi connectivity index (χ3n) is 6.32. The van der Waals surface area contributed by atoms with Crippen LogP contribution in [0.4, 0.5) is 0 Å². The van der Waals surface area contributed by atoms with Crippen molar-refractivity contribution >= 4 is 24.9 Å². The summed E-state index contributed by atoms with van der Waals surface area (Å²) in [6.45, 7) is 9.52. The average Bonchev–Trinajstić information content (AvgIpc) is 2.91. The second-order valence-corrected chi connectivity index (χ2v) is 9.61. The monoisotopic (exact) mass is 536 g/mol. The van der Waals surface area contributed by atoms with Crippen molar-refractivity contribution < 1.29 is 29.3 Å². The van der Waals surface area contributed by atoms with Gasteiger partial charge >= 0.3 is 202 Å². The number of hydrogen-bond donors (Lipinski definition) is 3. The van der Waals surface area contributed by atoms with Crippen molar-refractivity contribution in [3.63, 3.8) is 0 Å². The molecule has 0 aromatic heterocycles. The molecule has 8 heteroatoms. The second kappa shape index (κ2) is 18.0. The van der Waals surface area contributed by atoms with E-state index >= 15 is 0 Å². The van der Waals surface area contributed by atoms with E-state index in [1.165, 1.54) is 13.2 Å². The van der Waals surface area contributed by atoms with Crippen LogP contribution in [0.3, 0.4) is 0 Å². The first-order chi connectivity index (χ1) is 18.5. The Hall–Kier alpha value is -3.39. The molecule has 0 saturated heterocycles. The predicted octanol–water partition coefficient (Wildman–Crippen LogP) is 5.22. The molecule has 0 aromatic rings. The van der Waals surface area contributed by atoms with Crippen molar-refractivity contribution in [3.8, 4) is 0 Å². The molecule has 1 rings (SSSR count). The summed E-state index contributed by atoms with van der Waals surface area (Å²) in [5.74, 6) is -0.579. The Labute approximate surface area is 234 Å². The van der Waals surface area contributed by atoms with Crippen molar-refractivity contribution in [2.75, 3.05) is 13.7 Å². The fourth-order valence-electron chi connectivity index (χ4n) is 3.62. The summed E-state index contributed by atoms with van der Waals surface area (Å²) >= 11 is 0. The van der Waals surface area contributed by atoms with Gasteiger partial charge in [0.25, 0.3) is 0 Å². The number of methoxy groups -OCH3 is 1. The number of ketones is 1. The van der Waals surface area contributed by atoms with Gasteiger partial charge in [-0.1, -0.05) is 12.2 Å². The van der Waals surface area contributed by atoms with E-state index in [2.05, 4.69) is 10.1 Å². The maximum absolute atomic E-state index is 13.0. The zero-order chi connectivity index (χ0) is 29.4. The first-order valence-electron chi connectivity index (χ1n) is 13.3. The van der Waals surface area contributed by atoms with Gasteiger partial charge < -0.3 is 0 Å². The van der Waals surface area contributed by atoms with Crippen molar-refractivity contribution in [3.05, 3.63) is 82.5 Å². The number of Topliss-reactive ketones (excluding diaryl/α,β-unsaturated/α-hetero) is 1. The van der Waals surface area contributed by atoms with E-state index in [0.29, 0.717) is 37.0 Å².